The summed E-state index contributed by atoms with van der Waals surface area (Å²) in [4.78, 5) is 3.41. The molecule has 3 N–H and O–H groups in total. The summed E-state index contributed by atoms with van der Waals surface area (Å²) in [5, 5.41) is 1.28. The van der Waals surface area contributed by atoms with Crippen molar-refractivity contribution in [1.29, 1.82) is 0 Å². The van der Waals surface area contributed by atoms with Gasteiger partial charge in [0.15, 0.2) is 0 Å². The van der Waals surface area contributed by atoms with E-state index < -0.39 is 0 Å². The van der Waals surface area contributed by atoms with Crippen LogP contribution in [0.2, 0.25) is 0 Å². The minimum atomic E-state index is 0.107. The number of nitrogens with one attached hydrogen (secondary N) is 1. The van der Waals surface area contributed by atoms with Gasteiger partial charge in [0.1, 0.15) is 0 Å². The van der Waals surface area contributed by atoms with Crippen molar-refractivity contribution in [1.82, 2.24) is 4.98 Å². The zero-order chi connectivity index (χ0) is 11.9. The normalized spacial score (nSPS) is 13.6. The Morgan fingerprint density at radius 1 is 1.19 bits per heavy atom. The molecule has 0 radical (unpaired) electrons. The molecule has 0 saturated heterocycles. The maximum Gasteiger partial charge on any atom is 0.0459 e. The summed E-state index contributed by atoms with van der Waals surface area (Å²) in [5.41, 5.74) is 11.2. The van der Waals surface area contributed by atoms with Gasteiger partial charge in [-0.15, -0.1) is 0 Å². The van der Waals surface area contributed by atoms with E-state index in [1.54, 1.807) is 0 Å². The number of nitrogens with two attached hydrogens (primary N) is 1. The van der Waals surface area contributed by atoms with Crippen LogP contribution < -0.4 is 5.73 Å². The maximum absolute atomic E-state index is 6.28. The van der Waals surface area contributed by atoms with Gasteiger partial charge in [0.05, 0.1) is 0 Å². The van der Waals surface area contributed by atoms with Crippen molar-refractivity contribution in [3.63, 3.8) is 0 Å². The number of H-pyrrole nitrogens is 1. The predicted molar refractivity (Wildman–Crippen MR) is 69.5 cm³/mol. The number of aromatic amines is 1. The van der Waals surface area contributed by atoms with Crippen molar-refractivity contribution in [3.8, 4) is 0 Å². The molecule has 2 rings (SSSR count). The Hall–Kier alpha value is -1.28. The lowest BCUT2D eigenvalue weighted by atomic mass is 9.94. The highest BCUT2D eigenvalue weighted by atomic mass is 14.7. The van der Waals surface area contributed by atoms with Crippen molar-refractivity contribution in [2.24, 2.45) is 11.7 Å². The topological polar surface area (TPSA) is 41.8 Å². The van der Waals surface area contributed by atoms with Crippen molar-refractivity contribution in [2.75, 3.05) is 0 Å². The van der Waals surface area contributed by atoms with Gasteiger partial charge in [-0.25, -0.2) is 0 Å². The number of hydrogen-bond donors (Lipinski definition) is 2. The third-order valence-corrected chi connectivity index (χ3v) is 3.24. The Kier molecular flexibility index (Phi) is 2.76. The van der Waals surface area contributed by atoms with Crippen LogP contribution in [0, 0.1) is 19.8 Å². The van der Waals surface area contributed by atoms with E-state index in [4.69, 9.17) is 5.73 Å². The van der Waals surface area contributed by atoms with Gasteiger partial charge in [0.25, 0.3) is 0 Å². The van der Waals surface area contributed by atoms with E-state index in [0.717, 1.165) is 0 Å². The molecule has 1 heterocycles. The second-order valence-corrected chi connectivity index (χ2v) is 4.98. The Morgan fingerprint density at radius 3 is 2.50 bits per heavy atom. The van der Waals surface area contributed by atoms with Crippen LogP contribution in [-0.4, -0.2) is 4.98 Å². The lowest BCUT2D eigenvalue weighted by Gasteiger charge is -2.16. The fraction of sp³-hybridized carbons (Fsp3) is 0.429. The molecule has 0 aliphatic carbocycles. The van der Waals surface area contributed by atoms with Gasteiger partial charge in [-0.3, -0.25) is 0 Å². The molecule has 0 saturated carbocycles. The summed E-state index contributed by atoms with van der Waals surface area (Å²) in [6.07, 6.45) is 0. The molecule has 86 valence electrons. The molecule has 16 heavy (non-hydrogen) atoms. The zero-order valence-electron chi connectivity index (χ0n) is 10.5. The summed E-state index contributed by atoms with van der Waals surface area (Å²) in [7, 11) is 0. The molecule has 2 heteroatoms. The second kappa shape index (κ2) is 3.95. The quantitative estimate of drug-likeness (QED) is 0.793. The molecular formula is C14H20N2. The minimum Gasteiger partial charge on any atom is -0.358 e. The number of aromatic nitrogens is 1. The molecule has 1 atom stereocenters. The van der Waals surface area contributed by atoms with E-state index in [-0.39, 0.29) is 6.04 Å². The maximum atomic E-state index is 6.28. The lowest BCUT2D eigenvalue weighted by molar-refractivity contribution is 0.515. The molecule has 0 aliphatic heterocycles. The highest BCUT2D eigenvalue weighted by molar-refractivity contribution is 5.85. The van der Waals surface area contributed by atoms with Gasteiger partial charge < -0.3 is 10.7 Å². The molecule has 0 aliphatic rings. The van der Waals surface area contributed by atoms with Gasteiger partial charge in [-0.05, 0) is 37.5 Å². The van der Waals surface area contributed by atoms with Crippen LogP contribution in [0.3, 0.4) is 0 Å². The van der Waals surface area contributed by atoms with Gasteiger partial charge >= 0.3 is 0 Å². The molecule has 0 spiro atoms. The van der Waals surface area contributed by atoms with Gasteiger partial charge in [-0.1, -0.05) is 25.5 Å². The van der Waals surface area contributed by atoms with Crippen LogP contribution in [0.15, 0.2) is 18.2 Å². The number of benzene rings is 1. The van der Waals surface area contributed by atoms with E-state index in [9.17, 15) is 0 Å². The Bertz CT molecular complexity index is 509. The number of hydrogen-bond acceptors (Lipinski definition) is 1. The summed E-state index contributed by atoms with van der Waals surface area (Å²) in [6.45, 7) is 8.55. The summed E-state index contributed by atoms with van der Waals surface area (Å²) < 4.78 is 0. The molecule has 1 unspecified atom stereocenters. The van der Waals surface area contributed by atoms with Gasteiger partial charge in [0, 0.05) is 22.6 Å². The van der Waals surface area contributed by atoms with Crippen LogP contribution in [0.25, 0.3) is 10.9 Å². The standard InChI is InChI=1S/C14H20N2/c1-8(2)14(15)13-10(4)16-12-6-5-9(3)7-11(12)13/h5-8,14,16H,15H2,1-4H3. The fourth-order valence-electron chi connectivity index (χ4n) is 2.22. The Balaban J connectivity index is 2.67. The fourth-order valence-corrected chi connectivity index (χ4v) is 2.22. The Labute approximate surface area is 96.9 Å². The van der Waals surface area contributed by atoms with Gasteiger partial charge in [-0.2, -0.15) is 0 Å². The largest absolute Gasteiger partial charge is 0.358 e. The van der Waals surface area contributed by atoms with E-state index in [2.05, 4.69) is 50.9 Å². The minimum absolute atomic E-state index is 0.107. The molecule has 0 bridgehead atoms. The Morgan fingerprint density at radius 2 is 1.88 bits per heavy atom. The average Bonchev–Trinajstić information content (AvgIpc) is 2.52. The number of rotatable bonds is 2. The van der Waals surface area contributed by atoms with Crippen molar-refractivity contribution >= 4 is 10.9 Å². The lowest BCUT2D eigenvalue weighted by Crippen LogP contribution is -2.17. The highest BCUT2D eigenvalue weighted by Gasteiger charge is 2.17. The third-order valence-electron chi connectivity index (χ3n) is 3.24. The van der Waals surface area contributed by atoms with E-state index in [1.807, 2.05) is 0 Å². The van der Waals surface area contributed by atoms with Crippen molar-refractivity contribution in [3.05, 3.63) is 35.0 Å². The van der Waals surface area contributed by atoms with E-state index >= 15 is 0 Å². The third kappa shape index (κ3) is 1.74. The second-order valence-electron chi connectivity index (χ2n) is 4.98. The summed E-state index contributed by atoms with van der Waals surface area (Å²) in [5.74, 6) is 0.457. The van der Waals surface area contributed by atoms with E-state index in [1.165, 1.54) is 27.7 Å². The van der Waals surface area contributed by atoms with Gasteiger partial charge in [0.2, 0.25) is 0 Å². The molecule has 1 aromatic heterocycles. The first kappa shape index (κ1) is 11.2. The van der Waals surface area contributed by atoms with Crippen LogP contribution in [0.4, 0.5) is 0 Å². The molecule has 0 amide bonds. The number of aryl methyl sites for hydroxylation is 2. The summed E-state index contributed by atoms with van der Waals surface area (Å²) >= 11 is 0. The van der Waals surface area contributed by atoms with Crippen LogP contribution in [-0.2, 0) is 0 Å². The highest BCUT2D eigenvalue weighted by Crippen LogP contribution is 2.30. The monoisotopic (exact) mass is 216 g/mol. The number of fused-ring (bicyclic) bond motifs is 1. The van der Waals surface area contributed by atoms with Crippen LogP contribution in [0.1, 0.15) is 36.7 Å². The van der Waals surface area contributed by atoms with Crippen LogP contribution >= 0.6 is 0 Å². The summed E-state index contributed by atoms with van der Waals surface area (Å²) in [6, 6.07) is 6.59. The zero-order valence-corrected chi connectivity index (χ0v) is 10.5. The first-order chi connectivity index (χ1) is 7.50. The SMILES string of the molecule is Cc1ccc2[nH]c(C)c(C(N)C(C)C)c2c1. The first-order valence-corrected chi connectivity index (χ1v) is 5.85. The molecule has 2 aromatic rings. The van der Waals surface area contributed by atoms with Crippen molar-refractivity contribution in [2.45, 2.75) is 33.7 Å². The molecule has 0 fully saturated rings. The molecule has 2 nitrogen and oxygen atoms in total. The molecule has 1 aromatic carbocycles. The average molecular weight is 216 g/mol. The van der Waals surface area contributed by atoms with Crippen LogP contribution in [0.5, 0.6) is 0 Å². The smallest absolute Gasteiger partial charge is 0.0459 e. The molecular weight excluding hydrogens is 196 g/mol. The predicted octanol–water partition coefficient (Wildman–Crippen LogP) is 3.44. The first-order valence-electron chi connectivity index (χ1n) is 5.85. The van der Waals surface area contributed by atoms with Crippen molar-refractivity contribution < 1.29 is 0 Å². The van der Waals surface area contributed by atoms with E-state index in [0.29, 0.717) is 5.92 Å².